The van der Waals surface area contributed by atoms with E-state index in [1.54, 1.807) is 41.3 Å². The molecule has 1 saturated carbocycles. The average molecular weight is 520 g/mol. The molecule has 1 aliphatic carbocycles. The van der Waals surface area contributed by atoms with Gasteiger partial charge in [-0.3, -0.25) is 4.68 Å². The Morgan fingerprint density at radius 3 is 2.38 bits per heavy atom. The van der Waals surface area contributed by atoms with E-state index in [0.29, 0.717) is 23.6 Å². The third-order valence-electron chi connectivity index (χ3n) is 7.84. The molecule has 1 aliphatic heterocycles. The van der Waals surface area contributed by atoms with E-state index < -0.39 is 10.0 Å². The van der Waals surface area contributed by atoms with E-state index in [2.05, 4.69) is 16.5 Å². The van der Waals surface area contributed by atoms with Crippen LogP contribution >= 0.6 is 0 Å². The van der Waals surface area contributed by atoms with Gasteiger partial charge in [0.15, 0.2) is 5.65 Å². The minimum Gasteiger partial charge on any atom is -0.381 e. The summed E-state index contributed by atoms with van der Waals surface area (Å²) in [6, 6.07) is 11.8. The second kappa shape index (κ2) is 10.0. The summed E-state index contributed by atoms with van der Waals surface area (Å²) in [5.41, 5.74) is 3.32. The van der Waals surface area contributed by atoms with Crippen LogP contribution in [0.25, 0.3) is 22.2 Å². The van der Waals surface area contributed by atoms with Crippen molar-refractivity contribution < 1.29 is 13.2 Å². The first-order valence-electron chi connectivity index (χ1n) is 13.1. The molecule has 1 aromatic carbocycles. The van der Waals surface area contributed by atoms with Crippen LogP contribution in [0.1, 0.15) is 50.0 Å². The van der Waals surface area contributed by atoms with Crippen molar-refractivity contribution in [3.8, 4) is 11.1 Å². The van der Waals surface area contributed by atoms with Crippen molar-refractivity contribution in [2.75, 3.05) is 13.2 Å². The molecule has 4 aromatic rings. The van der Waals surface area contributed by atoms with Crippen molar-refractivity contribution >= 4 is 21.1 Å². The maximum Gasteiger partial charge on any atom is 0.269 e. The average Bonchev–Trinajstić information content (AvgIpc) is 3.53. The highest BCUT2D eigenvalue weighted by Gasteiger charge is 2.27. The number of rotatable bonds is 6. The van der Waals surface area contributed by atoms with Crippen LogP contribution < -0.4 is 5.32 Å². The van der Waals surface area contributed by atoms with Crippen LogP contribution in [0.3, 0.4) is 0 Å². The van der Waals surface area contributed by atoms with Crippen molar-refractivity contribution in [1.82, 2.24) is 24.1 Å². The number of pyridine rings is 1. The summed E-state index contributed by atoms with van der Waals surface area (Å²) in [6.07, 6.45) is 13.9. The summed E-state index contributed by atoms with van der Waals surface area (Å²) in [7, 11) is -1.93. The lowest BCUT2D eigenvalue weighted by Crippen LogP contribution is -2.43. The molecule has 1 saturated heterocycles. The molecule has 2 aliphatic rings. The maximum absolute atomic E-state index is 13.6. The second-order valence-electron chi connectivity index (χ2n) is 10.3. The quantitative estimate of drug-likeness (QED) is 0.404. The summed E-state index contributed by atoms with van der Waals surface area (Å²) < 4.78 is 35.7. The van der Waals surface area contributed by atoms with Crippen LogP contribution in [-0.2, 0) is 21.8 Å². The van der Waals surface area contributed by atoms with Gasteiger partial charge in [-0.1, -0.05) is 18.2 Å². The SMILES string of the molecule is Cn1cc(-c2cn(S(=O)(=O)c3ccccc3)c3ncc([C@H]4CC[C@@H](NC5CCOCC5)CC4)cc23)cn1. The number of benzene rings is 1. The van der Waals surface area contributed by atoms with Gasteiger partial charge in [0, 0.05) is 67.4 Å². The van der Waals surface area contributed by atoms with E-state index in [9.17, 15) is 8.42 Å². The Hall–Kier alpha value is -3.01. The molecule has 9 heteroatoms. The molecular weight excluding hydrogens is 486 g/mol. The van der Waals surface area contributed by atoms with Crippen LogP contribution in [-0.4, -0.2) is 52.5 Å². The zero-order valence-electron chi connectivity index (χ0n) is 21.1. The van der Waals surface area contributed by atoms with Crippen molar-refractivity contribution in [3.63, 3.8) is 0 Å². The summed E-state index contributed by atoms with van der Waals surface area (Å²) in [6.45, 7) is 1.72. The first kappa shape index (κ1) is 24.3. The van der Waals surface area contributed by atoms with E-state index in [0.717, 1.165) is 68.3 Å². The van der Waals surface area contributed by atoms with Gasteiger partial charge in [-0.2, -0.15) is 5.10 Å². The lowest BCUT2D eigenvalue weighted by Gasteiger charge is -2.33. The smallest absolute Gasteiger partial charge is 0.269 e. The predicted octanol–water partition coefficient (Wildman–Crippen LogP) is 4.47. The van der Waals surface area contributed by atoms with Gasteiger partial charge < -0.3 is 10.1 Å². The van der Waals surface area contributed by atoms with Crippen molar-refractivity contribution in [2.24, 2.45) is 7.05 Å². The van der Waals surface area contributed by atoms with Crippen molar-refractivity contribution in [1.29, 1.82) is 0 Å². The summed E-state index contributed by atoms with van der Waals surface area (Å²) in [5, 5.41) is 9.01. The van der Waals surface area contributed by atoms with Crippen LogP contribution in [0, 0.1) is 0 Å². The molecule has 2 fully saturated rings. The Balaban J connectivity index is 1.31. The molecule has 8 nitrogen and oxygen atoms in total. The van der Waals surface area contributed by atoms with Gasteiger partial charge >= 0.3 is 0 Å². The summed E-state index contributed by atoms with van der Waals surface area (Å²) in [5.74, 6) is 0.417. The fourth-order valence-corrected chi connectivity index (χ4v) is 7.13. The van der Waals surface area contributed by atoms with Crippen LogP contribution in [0.5, 0.6) is 0 Å². The van der Waals surface area contributed by atoms with Gasteiger partial charge in [0.1, 0.15) is 0 Å². The Kier molecular flexibility index (Phi) is 6.60. The van der Waals surface area contributed by atoms with Gasteiger partial charge in [-0.15, -0.1) is 0 Å². The molecule has 1 N–H and O–H groups in total. The molecule has 6 rings (SSSR count). The zero-order valence-corrected chi connectivity index (χ0v) is 21.9. The fourth-order valence-electron chi connectivity index (χ4n) is 5.79. The molecule has 0 unspecified atom stereocenters. The minimum absolute atomic E-state index is 0.242. The number of hydrogen-bond donors (Lipinski definition) is 1. The van der Waals surface area contributed by atoms with Gasteiger partial charge in [-0.05, 0) is 68.2 Å². The van der Waals surface area contributed by atoms with Gasteiger partial charge in [0.25, 0.3) is 10.0 Å². The standard InChI is InChI=1S/C28H33N5O3S/c1-32-18-22(17-30-32)27-19-33(37(34,35)25-5-3-2-4-6-25)28-26(27)15-21(16-29-28)20-7-9-23(10-8-20)31-24-11-13-36-14-12-24/h2-6,15-20,23-24,31H,7-14H2,1H3/t20-,23+. The topological polar surface area (TPSA) is 91.0 Å². The molecule has 0 bridgehead atoms. The van der Waals surface area contributed by atoms with Gasteiger partial charge in [-0.25, -0.2) is 17.4 Å². The second-order valence-corrected chi connectivity index (χ2v) is 12.1. The maximum atomic E-state index is 13.6. The molecule has 0 radical (unpaired) electrons. The minimum atomic E-state index is -3.80. The predicted molar refractivity (Wildman–Crippen MR) is 143 cm³/mol. The zero-order chi connectivity index (χ0) is 25.4. The Bertz CT molecular complexity index is 1480. The largest absolute Gasteiger partial charge is 0.381 e. The highest BCUT2D eigenvalue weighted by molar-refractivity contribution is 7.90. The first-order valence-corrected chi connectivity index (χ1v) is 14.6. The van der Waals surface area contributed by atoms with Crippen LogP contribution in [0.2, 0.25) is 0 Å². The molecule has 37 heavy (non-hydrogen) atoms. The third kappa shape index (κ3) is 4.83. The summed E-state index contributed by atoms with van der Waals surface area (Å²) >= 11 is 0. The first-order chi connectivity index (χ1) is 18.0. The van der Waals surface area contributed by atoms with E-state index in [1.165, 1.54) is 9.54 Å². The van der Waals surface area contributed by atoms with Crippen LogP contribution in [0.15, 0.2) is 66.1 Å². The lowest BCUT2D eigenvalue weighted by molar-refractivity contribution is 0.0729. The molecule has 194 valence electrons. The molecule has 3 aromatic heterocycles. The number of ether oxygens (including phenoxy) is 1. The Labute approximate surface area is 217 Å². The number of fused-ring (bicyclic) bond motifs is 1. The third-order valence-corrected chi connectivity index (χ3v) is 9.50. The van der Waals surface area contributed by atoms with Gasteiger partial charge in [0.2, 0.25) is 0 Å². The number of nitrogens with zero attached hydrogens (tertiary/aromatic N) is 4. The molecule has 0 amide bonds. The lowest BCUT2D eigenvalue weighted by atomic mass is 9.81. The normalized spacial score (nSPS) is 21.4. The van der Waals surface area contributed by atoms with Crippen molar-refractivity contribution in [2.45, 2.75) is 61.4 Å². The number of aromatic nitrogens is 4. The Morgan fingerprint density at radius 1 is 0.946 bits per heavy atom. The highest BCUT2D eigenvalue weighted by Crippen LogP contribution is 2.37. The number of aryl methyl sites for hydroxylation is 1. The Morgan fingerprint density at radius 2 is 1.68 bits per heavy atom. The molecule has 4 heterocycles. The van der Waals surface area contributed by atoms with Crippen molar-refractivity contribution in [3.05, 3.63) is 66.7 Å². The van der Waals surface area contributed by atoms with E-state index >= 15 is 0 Å². The molecular formula is C28H33N5O3S. The van der Waals surface area contributed by atoms with Crippen LogP contribution in [0.4, 0.5) is 0 Å². The highest BCUT2D eigenvalue weighted by atomic mass is 32.2. The van der Waals surface area contributed by atoms with E-state index in [1.807, 2.05) is 25.5 Å². The summed E-state index contributed by atoms with van der Waals surface area (Å²) in [4.78, 5) is 4.98. The van der Waals surface area contributed by atoms with E-state index in [4.69, 9.17) is 9.72 Å². The molecule has 0 atom stereocenters. The number of nitrogens with one attached hydrogen (secondary N) is 1. The van der Waals surface area contributed by atoms with E-state index in [-0.39, 0.29) is 4.90 Å². The molecule has 0 spiro atoms. The monoisotopic (exact) mass is 519 g/mol. The fraction of sp³-hybridized carbons (Fsp3) is 0.429. The number of hydrogen-bond acceptors (Lipinski definition) is 6. The van der Waals surface area contributed by atoms with Gasteiger partial charge in [0.05, 0.1) is 11.1 Å².